The third-order valence-corrected chi connectivity index (χ3v) is 2.41. The van der Waals surface area contributed by atoms with Gasteiger partial charge >= 0.3 is 0 Å². The number of rotatable bonds is 3. The van der Waals surface area contributed by atoms with Crippen molar-refractivity contribution >= 4 is 0 Å². The van der Waals surface area contributed by atoms with Crippen LogP contribution < -0.4 is 5.32 Å². The van der Waals surface area contributed by atoms with Crippen molar-refractivity contribution in [2.24, 2.45) is 0 Å². The van der Waals surface area contributed by atoms with Crippen LogP contribution in [0.4, 0.5) is 0 Å². The lowest BCUT2D eigenvalue weighted by atomic mass is 10.1. The Morgan fingerprint density at radius 2 is 1.82 bits per heavy atom. The van der Waals surface area contributed by atoms with Crippen LogP contribution in [-0.4, -0.2) is 12.6 Å². The molecule has 0 amide bonds. The molecule has 1 nitrogen and oxygen atoms in total. The fourth-order valence-electron chi connectivity index (χ4n) is 1.73. The maximum absolute atomic E-state index is 3.71. The minimum absolute atomic E-state index is 0.774. The summed E-state index contributed by atoms with van der Waals surface area (Å²) in [5.41, 5.74) is 0. The molecule has 1 aliphatic carbocycles. The fourth-order valence-corrected chi connectivity index (χ4v) is 1.73. The highest BCUT2D eigenvalue weighted by molar-refractivity contribution is 4.76. The molecule has 0 aliphatic heterocycles. The van der Waals surface area contributed by atoms with Gasteiger partial charge in [0.05, 0.1) is 0 Å². The van der Waals surface area contributed by atoms with Gasteiger partial charge in [0.25, 0.3) is 0 Å². The first-order valence-corrected chi connectivity index (χ1v) is 4.78. The van der Waals surface area contributed by atoms with E-state index in [1.165, 1.54) is 38.5 Å². The summed E-state index contributed by atoms with van der Waals surface area (Å²) in [6.07, 6.45) is 10.4. The first-order valence-electron chi connectivity index (χ1n) is 4.78. The van der Waals surface area contributed by atoms with E-state index in [4.69, 9.17) is 0 Å². The van der Waals surface area contributed by atoms with Gasteiger partial charge < -0.3 is 5.32 Å². The van der Waals surface area contributed by atoms with Crippen LogP contribution in [0, 0.1) is 0 Å². The first kappa shape index (κ1) is 8.79. The molecule has 0 saturated heterocycles. The predicted molar refractivity (Wildman–Crippen MR) is 49.7 cm³/mol. The van der Waals surface area contributed by atoms with Gasteiger partial charge in [-0.15, -0.1) is 6.58 Å². The third-order valence-electron chi connectivity index (χ3n) is 2.41. The van der Waals surface area contributed by atoms with Gasteiger partial charge in [-0.1, -0.05) is 31.8 Å². The van der Waals surface area contributed by atoms with Crippen molar-refractivity contribution in [3.05, 3.63) is 12.7 Å². The van der Waals surface area contributed by atoms with Crippen molar-refractivity contribution < 1.29 is 0 Å². The second kappa shape index (κ2) is 5.36. The zero-order valence-corrected chi connectivity index (χ0v) is 7.31. The first-order chi connectivity index (χ1) is 5.43. The monoisotopic (exact) mass is 153 g/mol. The van der Waals surface area contributed by atoms with Crippen LogP contribution in [-0.2, 0) is 0 Å². The molecule has 64 valence electrons. The van der Waals surface area contributed by atoms with E-state index in [0.29, 0.717) is 0 Å². The van der Waals surface area contributed by atoms with Crippen molar-refractivity contribution in [1.29, 1.82) is 0 Å². The molecular formula is C10H19N. The molecule has 11 heavy (non-hydrogen) atoms. The molecule has 1 aliphatic rings. The van der Waals surface area contributed by atoms with Gasteiger partial charge in [0.15, 0.2) is 0 Å². The van der Waals surface area contributed by atoms with Gasteiger partial charge in [-0.05, 0) is 12.8 Å². The average Bonchev–Trinajstić information content (AvgIpc) is 2.28. The molecule has 0 aromatic rings. The summed E-state index contributed by atoms with van der Waals surface area (Å²) in [7, 11) is 0. The van der Waals surface area contributed by atoms with Crippen molar-refractivity contribution in [1.82, 2.24) is 5.32 Å². The summed E-state index contributed by atoms with van der Waals surface area (Å²) >= 11 is 0. The molecule has 0 spiro atoms. The van der Waals surface area contributed by atoms with E-state index in [0.717, 1.165) is 12.6 Å². The second-order valence-electron chi connectivity index (χ2n) is 3.39. The number of hydrogen-bond acceptors (Lipinski definition) is 1. The van der Waals surface area contributed by atoms with Crippen molar-refractivity contribution in [2.75, 3.05) is 6.54 Å². The summed E-state index contributed by atoms with van der Waals surface area (Å²) in [6, 6.07) is 0.774. The predicted octanol–water partition coefficient (Wildman–Crippen LogP) is 2.48. The van der Waals surface area contributed by atoms with Crippen LogP contribution in [0.15, 0.2) is 12.7 Å². The van der Waals surface area contributed by atoms with Gasteiger partial charge in [-0.25, -0.2) is 0 Å². The molecule has 0 aromatic carbocycles. The quantitative estimate of drug-likeness (QED) is 0.485. The van der Waals surface area contributed by atoms with Crippen LogP contribution in [0.3, 0.4) is 0 Å². The van der Waals surface area contributed by atoms with Gasteiger partial charge in [0.2, 0.25) is 0 Å². The largest absolute Gasteiger partial charge is 0.311 e. The molecule has 1 fully saturated rings. The topological polar surface area (TPSA) is 12.0 Å². The van der Waals surface area contributed by atoms with Crippen molar-refractivity contribution in [3.8, 4) is 0 Å². The van der Waals surface area contributed by atoms with E-state index in [-0.39, 0.29) is 0 Å². The van der Waals surface area contributed by atoms with E-state index >= 15 is 0 Å². The zero-order valence-electron chi connectivity index (χ0n) is 7.31. The molecule has 0 radical (unpaired) electrons. The molecule has 1 heteroatoms. The van der Waals surface area contributed by atoms with E-state index in [1.807, 2.05) is 6.08 Å². The zero-order chi connectivity index (χ0) is 7.94. The molecule has 0 aromatic heterocycles. The Labute approximate surface area is 69.9 Å². The van der Waals surface area contributed by atoms with Crippen molar-refractivity contribution in [2.45, 2.75) is 44.6 Å². The van der Waals surface area contributed by atoms with E-state index in [1.54, 1.807) is 0 Å². The summed E-state index contributed by atoms with van der Waals surface area (Å²) in [6.45, 7) is 4.68. The van der Waals surface area contributed by atoms with Crippen LogP contribution in [0.5, 0.6) is 0 Å². The smallest absolute Gasteiger partial charge is 0.0134 e. The lowest BCUT2D eigenvalue weighted by Crippen LogP contribution is -2.28. The van der Waals surface area contributed by atoms with E-state index in [9.17, 15) is 0 Å². The summed E-state index contributed by atoms with van der Waals surface area (Å²) in [4.78, 5) is 0. The molecule has 1 saturated carbocycles. The van der Waals surface area contributed by atoms with Gasteiger partial charge in [-0.3, -0.25) is 0 Å². The van der Waals surface area contributed by atoms with E-state index in [2.05, 4.69) is 11.9 Å². The number of nitrogens with one attached hydrogen (secondary N) is 1. The Bertz CT molecular complexity index is 101. The fraction of sp³-hybridized carbons (Fsp3) is 0.800. The summed E-state index contributed by atoms with van der Waals surface area (Å²) < 4.78 is 0. The maximum atomic E-state index is 3.71. The Morgan fingerprint density at radius 3 is 2.36 bits per heavy atom. The van der Waals surface area contributed by atoms with Crippen LogP contribution in [0.25, 0.3) is 0 Å². The highest BCUT2D eigenvalue weighted by Crippen LogP contribution is 2.16. The Hall–Kier alpha value is -0.300. The Kier molecular flexibility index (Phi) is 4.29. The molecule has 1 N–H and O–H groups in total. The van der Waals surface area contributed by atoms with Gasteiger partial charge in [0, 0.05) is 12.6 Å². The molecule has 0 bridgehead atoms. The van der Waals surface area contributed by atoms with Crippen molar-refractivity contribution in [3.63, 3.8) is 0 Å². The van der Waals surface area contributed by atoms with E-state index < -0.39 is 0 Å². The lowest BCUT2D eigenvalue weighted by Gasteiger charge is -2.13. The normalized spacial score (nSPS) is 21.1. The standard InChI is InChI=1S/C10H19N/c1-2-9-11-10-7-5-3-4-6-8-10/h2,10-11H,1,3-9H2. The maximum Gasteiger partial charge on any atom is 0.0134 e. The van der Waals surface area contributed by atoms with Gasteiger partial charge in [-0.2, -0.15) is 0 Å². The number of hydrogen-bond donors (Lipinski definition) is 1. The molecule has 1 rings (SSSR count). The lowest BCUT2D eigenvalue weighted by molar-refractivity contribution is 0.482. The molecule has 0 unspecified atom stereocenters. The van der Waals surface area contributed by atoms with Crippen LogP contribution in [0.2, 0.25) is 0 Å². The average molecular weight is 153 g/mol. The highest BCUT2D eigenvalue weighted by atomic mass is 14.9. The SMILES string of the molecule is C=CCNC1CCCCCC1. The third kappa shape index (κ3) is 3.57. The van der Waals surface area contributed by atoms with Crippen LogP contribution >= 0.6 is 0 Å². The van der Waals surface area contributed by atoms with Crippen LogP contribution in [0.1, 0.15) is 38.5 Å². The molecule has 0 atom stereocenters. The minimum Gasteiger partial charge on any atom is -0.311 e. The Morgan fingerprint density at radius 1 is 1.18 bits per heavy atom. The minimum atomic E-state index is 0.774. The molecular weight excluding hydrogens is 134 g/mol. The highest BCUT2D eigenvalue weighted by Gasteiger charge is 2.09. The second-order valence-corrected chi connectivity index (χ2v) is 3.39. The summed E-state index contributed by atoms with van der Waals surface area (Å²) in [5, 5.41) is 3.49. The molecule has 0 heterocycles. The van der Waals surface area contributed by atoms with Gasteiger partial charge in [0.1, 0.15) is 0 Å². The Balaban J connectivity index is 2.14. The summed E-state index contributed by atoms with van der Waals surface area (Å²) in [5.74, 6) is 0.